The molecule has 88 valence electrons. The Bertz CT molecular complexity index is 352. The van der Waals surface area contributed by atoms with Gasteiger partial charge >= 0.3 is 0 Å². The summed E-state index contributed by atoms with van der Waals surface area (Å²) >= 11 is 0. The number of primary amides is 1. The maximum Gasteiger partial charge on any atom is 0.236 e. The predicted octanol–water partition coefficient (Wildman–Crippen LogP) is 1.36. The van der Waals surface area contributed by atoms with Gasteiger partial charge in [-0.25, -0.2) is 0 Å². The Morgan fingerprint density at radius 3 is 2.62 bits per heavy atom. The molecule has 0 aliphatic carbocycles. The van der Waals surface area contributed by atoms with Gasteiger partial charge in [0.15, 0.2) is 0 Å². The van der Waals surface area contributed by atoms with Crippen LogP contribution in [-0.4, -0.2) is 19.0 Å². The minimum Gasteiger partial charge on any atom is -0.397 e. The van der Waals surface area contributed by atoms with Crippen molar-refractivity contribution in [2.24, 2.45) is 5.73 Å². The molecular formula is C12H19N3O. The topological polar surface area (TPSA) is 72.3 Å². The van der Waals surface area contributed by atoms with Crippen molar-refractivity contribution >= 4 is 17.3 Å². The highest BCUT2D eigenvalue weighted by atomic mass is 16.1. The van der Waals surface area contributed by atoms with Gasteiger partial charge in [-0.05, 0) is 18.6 Å². The van der Waals surface area contributed by atoms with E-state index in [1.54, 1.807) is 0 Å². The Morgan fingerprint density at radius 2 is 2.06 bits per heavy atom. The summed E-state index contributed by atoms with van der Waals surface area (Å²) in [6.07, 6.45) is 2.09. The van der Waals surface area contributed by atoms with Crippen molar-refractivity contribution in [3.8, 4) is 0 Å². The van der Waals surface area contributed by atoms with Gasteiger partial charge in [0.1, 0.15) is 0 Å². The molecule has 0 saturated carbocycles. The second-order valence-corrected chi connectivity index (χ2v) is 3.80. The lowest BCUT2D eigenvalue weighted by atomic mass is 10.2. The molecule has 0 saturated heterocycles. The lowest BCUT2D eigenvalue weighted by molar-refractivity contribution is -0.116. The zero-order chi connectivity index (χ0) is 12.0. The number of rotatable bonds is 6. The minimum atomic E-state index is -0.334. The molecule has 0 fully saturated rings. The number of hydrogen-bond acceptors (Lipinski definition) is 3. The van der Waals surface area contributed by atoms with Crippen LogP contribution in [0.4, 0.5) is 11.4 Å². The third-order valence-electron chi connectivity index (χ3n) is 2.41. The average Bonchev–Trinajstić information content (AvgIpc) is 2.24. The highest BCUT2D eigenvalue weighted by molar-refractivity contribution is 5.81. The monoisotopic (exact) mass is 221 g/mol. The van der Waals surface area contributed by atoms with Crippen LogP contribution in [0.5, 0.6) is 0 Å². The van der Waals surface area contributed by atoms with E-state index < -0.39 is 0 Å². The SMILES string of the molecule is CCCCN(CC(N)=O)c1ccccc1N. The van der Waals surface area contributed by atoms with Crippen LogP contribution in [0.25, 0.3) is 0 Å². The van der Waals surface area contributed by atoms with Crippen LogP contribution in [-0.2, 0) is 4.79 Å². The molecule has 0 aliphatic rings. The number of benzene rings is 1. The largest absolute Gasteiger partial charge is 0.397 e. The lowest BCUT2D eigenvalue weighted by Crippen LogP contribution is -2.34. The summed E-state index contributed by atoms with van der Waals surface area (Å²) in [6, 6.07) is 7.52. The Hall–Kier alpha value is -1.71. The fraction of sp³-hybridized carbons (Fsp3) is 0.417. The second kappa shape index (κ2) is 6.00. The van der Waals surface area contributed by atoms with Gasteiger partial charge in [-0.2, -0.15) is 0 Å². The third kappa shape index (κ3) is 3.46. The van der Waals surface area contributed by atoms with E-state index >= 15 is 0 Å². The van der Waals surface area contributed by atoms with Gasteiger partial charge in [0.2, 0.25) is 5.91 Å². The first-order valence-corrected chi connectivity index (χ1v) is 5.53. The number of carbonyl (C=O) groups is 1. The number of unbranched alkanes of at least 4 members (excludes halogenated alkanes) is 1. The summed E-state index contributed by atoms with van der Waals surface area (Å²) in [6.45, 7) is 3.12. The molecule has 1 amide bonds. The maximum atomic E-state index is 11.0. The van der Waals surface area contributed by atoms with Crippen molar-refractivity contribution in [3.05, 3.63) is 24.3 Å². The molecule has 0 unspecified atom stereocenters. The van der Waals surface area contributed by atoms with Crippen LogP contribution in [0.1, 0.15) is 19.8 Å². The normalized spacial score (nSPS) is 10.1. The van der Waals surface area contributed by atoms with Gasteiger partial charge in [-0.1, -0.05) is 25.5 Å². The van der Waals surface area contributed by atoms with E-state index in [2.05, 4.69) is 6.92 Å². The fourth-order valence-corrected chi connectivity index (χ4v) is 1.60. The predicted molar refractivity (Wildman–Crippen MR) is 67.2 cm³/mol. The molecule has 0 bridgehead atoms. The lowest BCUT2D eigenvalue weighted by Gasteiger charge is -2.24. The Balaban J connectivity index is 2.82. The summed E-state index contributed by atoms with van der Waals surface area (Å²) in [5.41, 5.74) is 12.7. The highest BCUT2D eigenvalue weighted by Gasteiger charge is 2.10. The molecule has 0 radical (unpaired) electrons. The summed E-state index contributed by atoms with van der Waals surface area (Å²) in [5, 5.41) is 0. The van der Waals surface area contributed by atoms with Gasteiger partial charge in [-0.3, -0.25) is 4.79 Å². The number of nitrogen functional groups attached to an aromatic ring is 1. The second-order valence-electron chi connectivity index (χ2n) is 3.80. The first-order valence-electron chi connectivity index (χ1n) is 5.53. The molecule has 0 aromatic heterocycles. The maximum absolute atomic E-state index is 11.0. The molecule has 1 rings (SSSR count). The molecule has 0 atom stereocenters. The number of nitrogens with two attached hydrogens (primary N) is 2. The number of nitrogens with zero attached hydrogens (tertiary/aromatic N) is 1. The Kier molecular flexibility index (Phi) is 4.64. The number of para-hydroxylation sites is 2. The van der Waals surface area contributed by atoms with Crippen LogP contribution in [0.3, 0.4) is 0 Å². The van der Waals surface area contributed by atoms with Crippen LogP contribution in [0.2, 0.25) is 0 Å². The smallest absolute Gasteiger partial charge is 0.236 e. The summed E-state index contributed by atoms with van der Waals surface area (Å²) < 4.78 is 0. The number of carbonyl (C=O) groups excluding carboxylic acids is 1. The van der Waals surface area contributed by atoms with Crippen LogP contribution in [0, 0.1) is 0 Å². The molecule has 1 aromatic rings. The van der Waals surface area contributed by atoms with Gasteiger partial charge in [-0.15, -0.1) is 0 Å². The van der Waals surface area contributed by atoms with Crippen molar-refractivity contribution in [2.45, 2.75) is 19.8 Å². The zero-order valence-electron chi connectivity index (χ0n) is 9.65. The molecule has 4 nitrogen and oxygen atoms in total. The quantitative estimate of drug-likeness (QED) is 0.712. The number of anilines is 2. The van der Waals surface area contributed by atoms with E-state index in [0.29, 0.717) is 5.69 Å². The average molecular weight is 221 g/mol. The van der Waals surface area contributed by atoms with Crippen molar-refractivity contribution in [1.29, 1.82) is 0 Å². The standard InChI is InChI=1S/C12H19N3O/c1-2-3-8-15(9-12(14)16)11-7-5-4-6-10(11)13/h4-7H,2-3,8-9,13H2,1H3,(H2,14,16). The number of amides is 1. The van der Waals surface area contributed by atoms with Gasteiger partial charge in [0.25, 0.3) is 0 Å². The summed E-state index contributed by atoms with van der Waals surface area (Å²) in [4.78, 5) is 12.9. The van der Waals surface area contributed by atoms with Gasteiger partial charge in [0, 0.05) is 6.54 Å². The van der Waals surface area contributed by atoms with Crippen LogP contribution >= 0.6 is 0 Å². The van der Waals surface area contributed by atoms with E-state index in [4.69, 9.17) is 11.5 Å². The minimum absolute atomic E-state index is 0.216. The molecular weight excluding hydrogens is 202 g/mol. The molecule has 0 spiro atoms. The van der Waals surface area contributed by atoms with Gasteiger partial charge in [0.05, 0.1) is 17.9 Å². The molecule has 16 heavy (non-hydrogen) atoms. The van der Waals surface area contributed by atoms with Crippen LogP contribution < -0.4 is 16.4 Å². The zero-order valence-corrected chi connectivity index (χ0v) is 9.65. The Morgan fingerprint density at radius 1 is 1.38 bits per heavy atom. The summed E-state index contributed by atoms with van der Waals surface area (Å²) in [7, 11) is 0. The first kappa shape index (κ1) is 12.4. The van der Waals surface area contributed by atoms with Gasteiger partial charge < -0.3 is 16.4 Å². The first-order chi connectivity index (χ1) is 7.65. The van der Waals surface area contributed by atoms with E-state index in [-0.39, 0.29) is 12.5 Å². The summed E-state index contributed by atoms with van der Waals surface area (Å²) in [5.74, 6) is -0.334. The Labute approximate surface area is 96.2 Å². The molecule has 4 heteroatoms. The number of hydrogen-bond donors (Lipinski definition) is 2. The van der Waals surface area contributed by atoms with Crippen molar-refractivity contribution in [2.75, 3.05) is 23.7 Å². The van der Waals surface area contributed by atoms with E-state index in [0.717, 1.165) is 25.1 Å². The van der Waals surface area contributed by atoms with Crippen molar-refractivity contribution in [1.82, 2.24) is 0 Å². The third-order valence-corrected chi connectivity index (χ3v) is 2.41. The van der Waals surface area contributed by atoms with Crippen molar-refractivity contribution in [3.63, 3.8) is 0 Å². The molecule has 4 N–H and O–H groups in total. The van der Waals surface area contributed by atoms with Crippen LogP contribution in [0.15, 0.2) is 24.3 Å². The molecule has 0 aliphatic heterocycles. The van der Waals surface area contributed by atoms with E-state index in [1.165, 1.54) is 0 Å². The van der Waals surface area contributed by atoms with E-state index in [1.807, 2.05) is 29.2 Å². The molecule has 1 aromatic carbocycles. The fourth-order valence-electron chi connectivity index (χ4n) is 1.60. The highest BCUT2D eigenvalue weighted by Crippen LogP contribution is 2.22. The van der Waals surface area contributed by atoms with E-state index in [9.17, 15) is 4.79 Å². The van der Waals surface area contributed by atoms with Crippen molar-refractivity contribution < 1.29 is 4.79 Å². The molecule has 0 heterocycles.